The normalized spacial score (nSPS) is 14.6. The second-order valence-corrected chi connectivity index (χ2v) is 4.65. The van der Waals surface area contributed by atoms with E-state index in [1.807, 2.05) is 0 Å². The summed E-state index contributed by atoms with van der Waals surface area (Å²) in [7, 11) is 0. The van der Waals surface area contributed by atoms with Gasteiger partial charge in [0.25, 0.3) is 0 Å². The van der Waals surface area contributed by atoms with Crippen molar-refractivity contribution in [1.82, 2.24) is 5.32 Å². The van der Waals surface area contributed by atoms with E-state index in [1.54, 1.807) is 12.1 Å². The van der Waals surface area contributed by atoms with Crippen molar-refractivity contribution in [2.45, 2.75) is 18.9 Å². The summed E-state index contributed by atoms with van der Waals surface area (Å²) in [6.07, 6.45) is 2.10. The van der Waals surface area contributed by atoms with Crippen LogP contribution in [-0.2, 0) is 4.79 Å². The van der Waals surface area contributed by atoms with Crippen molar-refractivity contribution in [2.75, 3.05) is 11.9 Å². The van der Waals surface area contributed by atoms with Gasteiger partial charge >= 0.3 is 0 Å². The van der Waals surface area contributed by atoms with Crippen LogP contribution in [0.15, 0.2) is 22.7 Å². The highest BCUT2D eigenvalue weighted by Crippen LogP contribution is 2.24. The number of nitrogens with one attached hydrogen (secondary N) is 2. The Balaban J connectivity index is 1.90. The molecule has 0 saturated heterocycles. The van der Waals surface area contributed by atoms with Gasteiger partial charge in [0.05, 0.1) is 12.2 Å². The zero-order valence-electron chi connectivity index (χ0n) is 8.59. The highest BCUT2D eigenvalue weighted by molar-refractivity contribution is 9.10. The van der Waals surface area contributed by atoms with Gasteiger partial charge < -0.3 is 10.6 Å². The standard InChI is InChI=1S/C11H12BrFN2O/c12-8-2-1-3-9(13)11(8)14-6-10(16)15-7-4-5-7/h1-3,7,14H,4-6H2,(H,15,16). The van der Waals surface area contributed by atoms with Crippen LogP contribution in [0.25, 0.3) is 0 Å². The predicted molar refractivity (Wildman–Crippen MR) is 63.8 cm³/mol. The van der Waals surface area contributed by atoms with Crippen LogP contribution in [0.1, 0.15) is 12.8 Å². The van der Waals surface area contributed by atoms with Gasteiger partial charge in [-0.3, -0.25) is 4.79 Å². The molecule has 0 atom stereocenters. The van der Waals surface area contributed by atoms with E-state index in [9.17, 15) is 9.18 Å². The SMILES string of the molecule is O=C(CNc1c(F)cccc1Br)NC1CC1. The summed E-state index contributed by atoms with van der Waals surface area (Å²) in [5, 5.41) is 5.60. The van der Waals surface area contributed by atoms with Crippen LogP contribution in [0.4, 0.5) is 10.1 Å². The van der Waals surface area contributed by atoms with Crippen molar-refractivity contribution < 1.29 is 9.18 Å². The topological polar surface area (TPSA) is 41.1 Å². The number of halogens is 2. The van der Waals surface area contributed by atoms with Crippen molar-refractivity contribution in [3.63, 3.8) is 0 Å². The molecule has 0 spiro atoms. The van der Waals surface area contributed by atoms with Crippen LogP contribution in [-0.4, -0.2) is 18.5 Å². The van der Waals surface area contributed by atoms with Crippen LogP contribution in [0.2, 0.25) is 0 Å². The molecule has 3 nitrogen and oxygen atoms in total. The molecule has 0 aromatic heterocycles. The molecule has 1 amide bonds. The lowest BCUT2D eigenvalue weighted by Gasteiger charge is -2.09. The number of carbonyl (C=O) groups is 1. The fourth-order valence-electron chi connectivity index (χ4n) is 1.34. The zero-order chi connectivity index (χ0) is 11.5. The second-order valence-electron chi connectivity index (χ2n) is 3.79. The van der Waals surface area contributed by atoms with Crippen LogP contribution in [0.3, 0.4) is 0 Å². The predicted octanol–water partition coefficient (Wildman–Crippen LogP) is 2.28. The van der Waals surface area contributed by atoms with Gasteiger partial charge in [0.15, 0.2) is 0 Å². The van der Waals surface area contributed by atoms with E-state index in [0.29, 0.717) is 16.2 Å². The summed E-state index contributed by atoms with van der Waals surface area (Å²) in [4.78, 5) is 11.4. The minimum absolute atomic E-state index is 0.0933. The van der Waals surface area contributed by atoms with Gasteiger partial charge in [-0.05, 0) is 40.9 Å². The van der Waals surface area contributed by atoms with Crippen molar-refractivity contribution >= 4 is 27.5 Å². The van der Waals surface area contributed by atoms with Crippen LogP contribution in [0, 0.1) is 5.82 Å². The number of hydrogen-bond donors (Lipinski definition) is 2. The van der Waals surface area contributed by atoms with Crippen molar-refractivity contribution in [2.24, 2.45) is 0 Å². The molecule has 1 aliphatic carbocycles. The summed E-state index contributed by atoms with van der Waals surface area (Å²) in [6, 6.07) is 5.02. The van der Waals surface area contributed by atoms with Crippen molar-refractivity contribution in [1.29, 1.82) is 0 Å². The summed E-state index contributed by atoms with van der Waals surface area (Å²) < 4.78 is 14.0. The summed E-state index contributed by atoms with van der Waals surface area (Å²) >= 11 is 3.23. The summed E-state index contributed by atoms with van der Waals surface area (Å²) in [5.41, 5.74) is 0.327. The third-order valence-electron chi connectivity index (χ3n) is 2.33. The molecule has 0 unspecified atom stereocenters. The number of amides is 1. The van der Waals surface area contributed by atoms with E-state index in [1.165, 1.54) is 6.07 Å². The van der Waals surface area contributed by atoms with E-state index in [0.717, 1.165) is 12.8 Å². The molecule has 2 N–H and O–H groups in total. The first-order valence-corrected chi connectivity index (χ1v) is 5.93. The van der Waals surface area contributed by atoms with E-state index in [4.69, 9.17) is 0 Å². The lowest BCUT2D eigenvalue weighted by Crippen LogP contribution is -2.31. The lowest BCUT2D eigenvalue weighted by molar-refractivity contribution is -0.119. The van der Waals surface area contributed by atoms with Crippen molar-refractivity contribution in [3.05, 3.63) is 28.5 Å². The smallest absolute Gasteiger partial charge is 0.239 e. The molecule has 2 rings (SSSR count). The van der Waals surface area contributed by atoms with Gasteiger partial charge in [-0.1, -0.05) is 6.07 Å². The Morgan fingerprint density at radius 3 is 2.88 bits per heavy atom. The van der Waals surface area contributed by atoms with E-state index < -0.39 is 0 Å². The monoisotopic (exact) mass is 286 g/mol. The third-order valence-corrected chi connectivity index (χ3v) is 2.99. The Hall–Kier alpha value is -1.10. The van der Waals surface area contributed by atoms with Gasteiger partial charge in [0.1, 0.15) is 5.82 Å². The number of anilines is 1. The maximum Gasteiger partial charge on any atom is 0.239 e. The molecular formula is C11H12BrFN2O. The molecule has 0 radical (unpaired) electrons. The molecule has 0 heterocycles. The third kappa shape index (κ3) is 2.95. The molecular weight excluding hydrogens is 275 g/mol. The minimum Gasteiger partial charge on any atom is -0.373 e. The first-order valence-electron chi connectivity index (χ1n) is 5.14. The number of rotatable bonds is 4. The molecule has 86 valence electrons. The molecule has 0 bridgehead atoms. The maximum atomic E-state index is 13.4. The number of para-hydroxylation sites is 1. The van der Waals surface area contributed by atoms with Gasteiger partial charge in [0.2, 0.25) is 5.91 Å². The molecule has 0 aliphatic heterocycles. The Morgan fingerprint density at radius 1 is 1.50 bits per heavy atom. The fourth-order valence-corrected chi connectivity index (χ4v) is 1.82. The van der Waals surface area contributed by atoms with Gasteiger partial charge in [0, 0.05) is 10.5 Å². The van der Waals surface area contributed by atoms with Crippen LogP contribution >= 0.6 is 15.9 Å². The van der Waals surface area contributed by atoms with Crippen LogP contribution < -0.4 is 10.6 Å². The van der Waals surface area contributed by atoms with E-state index in [-0.39, 0.29) is 18.3 Å². The molecule has 1 fully saturated rings. The number of hydrogen-bond acceptors (Lipinski definition) is 2. The highest BCUT2D eigenvalue weighted by atomic mass is 79.9. The Kier molecular flexibility index (Phi) is 3.43. The largest absolute Gasteiger partial charge is 0.373 e. The van der Waals surface area contributed by atoms with Gasteiger partial charge in [-0.2, -0.15) is 0 Å². The van der Waals surface area contributed by atoms with E-state index in [2.05, 4.69) is 26.6 Å². The molecule has 1 aromatic carbocycles. The Labute approximate surface area is 102 Å². The van der Waals surface area contributed by atoms with Crippen LogP contribution in [0.5, 0.6) is 0 Å². The number of benzene rings is 1. The maximum absolute atomic E-state index is 13.4. The minimum atomic E-state index is -0.367. The molecule has 1 aromatic rings. The average Bonchev–Trinajstić information content (AvgIpc) is 3.01. The lowest BCUT2D eigenvalue weighted by atomic mass is 10.3. The fraction of sp³-hybridized carbons (Fsp3) is 0.364. The number of carbonyl (C=O) groups excluding carboxylic acids is 1. The molecule has 1 aliphatic rings. The Morgan fingerprint density at radius 2 is 2.25 bits per heavy atom. The summed E-state index contributed by atoms with van der Waals surface area (Å²) in [6.45, 7) is 0.0933. The quantitative estimate of drug-likeness (QED) is 0.892. The first-order chi connectivity index (χ1) is 7.66. The van der Waals surface area contributed by atoms with Gasteiger partial charge in [-0.25, -0.2) is 4.39 Å². The molecule has 16 heavy (non-hydrogen) atoms. The van der Waals surface area contributed by atoms with Gasteiger partial charge in [-0.15, -0.1) is 0 Å². The van der Waals surface area contributed by atoms with E-state index >= 15 is 0 Å². The van der Waals surface area contributed by atoms with Crippen molar-refractivity contribution in [3.8, 4) is 0 Å². The molecule has 1 saturated carbocycles. The second kappa shape index (κ2) is 4.82. The average molecular weight is 287 g/mol. The zero-order valence-corrected chi connectivity index (χ0v) is 10.2. The highest BCUT2D eigenvalue weighted by Gasteiger charge is 2.23. The Bertz CT molecular complexity index is 387. The molecule has 5 heteroatoms. The first kappa shape index (κ1) is 11.4. The summed E-state index contributed by atoms with van der Waals surface area (Å²) in [5.74, 6) is -0.466.